The molecule has 2 atom stereocenters. The lowest BCUT2D eigenvalue weighted by Gasteiger charge is -2.22. The van der Waals surface area contributed by atoms with Crippen LogP contribution in [0.3, 0.4) is 0 Å². The maximum Gasteiger partial charge on any atom is 0.237 e. The van der Waals surface area contributed by atoms with Crippen LogP contribution in [0.1, 0.15) is 37.8 Å². The number of hydrogen-bond donors (Lipinski definition) is 4. The third kappa shape index (κ3) is 3.38. The second-order valence-electron chi connectivity index (χ2n) is 4.97. The molecule has 0 aliphatic carbocycles. The van der Waals surface area contributed by atoms with Gasteiger partial charge in [0.25, 0.3) is 0 Å². The Balaban J connectivity index is 2.09. The smallest absolute Gasteiger partial charge is 0.237 e. The van der Waals surface area contributed by atoms with Crippen LogP contribution in [0.5, 0.6) is 11.5 Å². The van der Waals surface area contributed by atoms with E-state index in [9.17, 15) is 15.0 Å². The van der Waals surface area contributed by atoms with Gasteiger partial charge in [0.15, 0.2) is 0 Å². The first-order valence-electron chi connectivity index (χ1n) is 6.63. The molecule has 1 aliphatic rings. The van der Waals surface area contributed by atoms with E-state index in [1.807, 2.05) is 6.92 Å². The summed E-state index contributed by atoms with van der Waals surface area (Å²) in [6, 6.07) is 3.95. The zero-order chi connectivity index (χ0) is 13.8. The van der Waals surface area contributed by atoms with Crippen LogP contribution in [-0.4, -0.2) is 28.7 Å². The Bertz CT molecular complexity index is 462. The van der Waals surface area contributed by atoms with Gasteiger partial charge in [-0.05, 0) is 44.4 Å². The molecular weight excluding hydrogens is 244 g/mol. The molecule has 4 N–H and O–H groups in total. The van der Waals surface area contributed by atoms with Crippen LogP contribution in [0.15, 0.2) is 18.2 Å². The number of phenols is 2. The Morgan fingerprint density at radius 1 is 1.37 bits per heavy atom. The standard InChI is InChI=1S/C14H20N2O3/c1-9(11-8-10(17)5-6-13(11)18)16-12-4-2-3-7-15-14(12)19/h5-6,8-9,12,16-18H,2-4,7H2,1H3,(H,15,19). The molecule has 1 aliphatic heterocycles. The number of nitrogens with one attached hydrogen (secondary N) is 2. The number of benzene rings is 1. The molecule has 0 radical (unpaired) electrons. The first kappa shape index (κ1) is 13.7. The van der Waals surface area contributed by atoms with Crippen LogP contribution >= 0.6 is 0 Å². The second kappa shape index (κ2) is 5.93. The molecule has 0 bridgehead atoms. The van der Waals surface area contributed by atoms with Gasteiger partial charge >= 0.3 is 0 Å². The third-order valence-electron chi connectivity index (χ3n) is 3.46. The van der Waals surface area contributed by atoms with Gasteiger partial charge in [0, 0.05) is 18.2 Å². The van der Waals surface area contributed by atoms with E-state index < -0.39 is 0 Å². The summed E-state index contributed by atoms with van der Waals surface area (Å²) in [5, 5.41) is 25.3. The van der Waals surface area contributed by atoms with E-state index in [1.165, 1.54) is 18.2 Å². The SMILES string of the molecule is CC(NC1CCCCNC1=O)c1cc(O)ccc1O. The Hall–Kier alpha value is -1.75. The van der Waals surface area contributed by atoms with E-state index in [2.05, 4.69) is 10.6 Å². The van der Waals surface area contributed by atoms with E-state index in [4.69, 9.17) is 0 Å². The number of aromatic hydroxyl groups is 2. The Morgan fingerprint density at radius 3 is 2.95 bits per heavy atom. The minimum absolute atomic E-state index is 0.00370. The Morgan fingerprint density at radius 2 is 2.16 bits per heavy atom. The van der Waals surface area contributed by atoms with Gasteiger partial charge < -0.3 is 15.5 Å². The number of hydrogen-bond acceptors (Lipinski definition) is 4. The molecule has 1 fully saturated rings. The fourth-order valence-corrected chi connectivity index (χ4v) is 2.38. The molecule has 0 spiro atoms. The first-order chi connectivity index (χ1) is 9.08. The minimum atomic E-state index is -0.251. The van der Waals surface area contributed by atoms with Crippen molar-refractivity contribution >= 4 is 5.91 Å². The third-order valence-corrected chi connectivity index (χ3v) is 3.46. The van der Waals surface area contributed by atoms with Gasteiger partial charge in [0.05, 0.1) is 6.04 Å². The normalized spacial score (nSPS) is 21.5. The summed E-state index contributed by atoms with van der Waals surface area (Å²) < 4.78 is 0. The topological polar surface area (TPSA) is 81.6 Å². The lowest BCUT2D eigenvalue weighted by Crippen LogP contribution is -2.43. The summed E-state index contributed by atoms with van der Waals surface area (Å²) in [5.41, 5.74) is 0.594. The fourth-order valence-electron chi connectivity index (χ4n) is 2.38. The van der Waals surface area contributed by atoms with Crippen molar-refractivity contribution in [2.24, 2.45) is 0 Å². The highest BCUT2D eigenvalue weighted by atomic mass is 16.3. The highest BCUT2D eigenvalue weighted by Crippen LogP contribution is 2.28. The number of rotatable bonds is 3. The molecule has 1 saturated heterocycles. The Kier molecular flexibility index (Phi) is 4.27. The summed E-state index contributed by atoms with van der Waals surface area (Å²) in [7, 11) is 0. The van der Waals surface area contributed by atoms with Crippen molar-refractivity contribution < 1.29 is 15.0 Å². The number of amides is 1. The average Bonchev–Trinajstić information content (AvgIpc) is 2.58. The summed E-state index contributed by atoms with van der Waals surface area (Å²) in [4.78, 5) is 11.8. The van der Waals surface area contributed by atoms with Gasteiger partial charge in [-0.25, -0.2) is 0 Å². The number of phenolic OH excluding ortho intramolecular Hbond substituents is 2. The molecule has 5 heteroatoms. The van der Waals surface area contributed by atoms with E-state index in [0.717, 1.165) is 25.8 Å². The zero-order valence-electron chi connectivity index (χ0n) is 11.0. The van der Waals surface area contributed by atoms with Gasteiger partial charge in [-0.2, -0.15) is 0 Å². The minimum Gasteiger partial charge on any atom is -0.508 e. The lowest BCUT2D eigenvalue weighted by atomic mass is 10.0. The van der Waals surface area contributed by atoms with Crippen molar-refractivity contribution in [3.8, 4) is 11.5 Å². The highest BCUT2D eigenvalue weighted by Gasteiger charge is 2.23. The maximum absolute atomic E-state index is 11.8. The molecule has 5 nitrogen and oxygen atoms in total. The lowest BCUT2D eigenvalue weighted by molar-refractivity contribution is -0.123. The van der Waals surface area contributed by atoms with E-state index >= 15 is 0 Å². The molecule has 1 heterocycles. The molecule has 104 valence electrons. The van der Waals surface area contributed by atoms with Crippen molar-refractivity contribution in [3.05, 3.63) is 23.8 Å². The van der Waals surface area contributed by atoms with E-state index in [1.54, 1.807) is 0 Å². The van der Waals surface area contributed by atoms with E-state index in [0.29, 0.717) is 5.56 Å². The van der Waals surface area contributed by atoms with Crippen LogP contribution < -0.4 is 10.6 Å². The molecule has 0 saturated carbocycles. The molecule has 1 aromatic carbocycles. The molecule has 2 unspecified atom stereocenters. The van der Waals surface area contributed by atoms with Crippen molar-refractivity contribution in [2.45, 2.75) is 38.3 Å². The summed E-state index contributed by atoms with van der Waals surface area (Å²) >= 11 is 0. The van der Waals surface area contributed by atoms with Gasteiger partial charge in [0.2, 0.25) is 5.91 Å². The van der Waals surface area contributed by atoms with Gasteiger partial charge in [-0.1, -0.05) is 0 Å². The summed E-state index contributed by atoms with van der Waals surface area (Å²) in [6.07, 6.45) is 2.78. The van der Waals surface area contributed by atoms with Crippen LogP contribution in [0.4, 0.5) is 0 Å². The van der Waals surface area contributed by atoms with Crippen LogP contribution in [0.25, 0.3) is 0 Å². The van der Waals surface area contributed by atoms with Crippen LogP contribution in [-0.2, 0) is 4.79 Å². The highest BCUT2D eigenvalue weighted by molar-refractivity contribution is 5.82. The predicted octanol–water partition coefficient (Wildman–Crippen LogP) is 1.42. The monoisotopic (exact) mass is 264 g/mol. The van der Waals surface area contributed by atoms with Crippen molar-refractivity contribution in [3.63, 3.8) is 0 Å². The van der Waals surface area contributed by atoms with Crippen LogP contribution in [0.2, 0.25) is 0 Å². The second-order valence-corrected chi connectivity index (χ2v) is 4.97. The molecular formula is C14H20N2O3. The molecule has 1 aromatic rings. The number of carbonyl (C=O) groups excluding carboxylic acids is 1. The van der Waals surface area contributed by atoms with Gasteiger partial charge in [0.1, 0.15) is 11.5 Å². The van der Waals surface area contributed by atoms with Crippen molar-refractivity contribution in [1.82, 2.24) is 10.6 Å². The molecule has 1 amide bonds. The van der Waals surface area contributed by atoms with Gasteiger partial charge in [-0.15, -0.1) is 0 Å². The molecule has 2 rings (SSSR count). The fraction of sp³-hybridized carbons (Fsp3) is 0.500. The maximum atomic E-state index is 11.8. The summed E-state index contributed by atoms with van der Waals surface area (Å²) in [6.45, 7) is 2.59. The Labute approximate surface area is 112 Å². The van der Waals surface area contributed by atoms with Gasteiger partial charge in [-0.3, -0.25) is 10.1 Å². The van der Waals surface area contributed by atoms with E-state index in [-0.39, 0.29) is 29.5 Å². The van der Waals surface area contributed by atoms with Crippen LogP contribution in [0, 0.1) is 0 Å². The average molecular weight is 264 g/mol. The zero-order valence-corrected chi connectivity index (χ0v) is 11.0. The largest absolute Gasteiger partial charge is 0.508 e. The quantitative estimate of drug-likeness (QED) is 0.622. The van der Waals surface area contributed by atoms with Crippen molar-refractivity contribution in [1.29, 1.82) is 0 Å². The number of carbonyl (C=O) groups is 1. The molecule has 0 aromatic heterocycles. The van der Waals surface area contributed by atoms with Crippen molar-refractivity contribution in [2.75, 3.05) is 6.54 Å². The predicted molar refractivity (Wildman–Crippen MR) is 72.0 cm³/mol. The summed E-state index contributed by atoms with van der Waals surface area (Å²) in [5.74, 6) is 0.225. The molecule has 19 heavy (non-hydrogen) atoms. The first-order valence-corrected chi connectivity index (χ1v) is 6.63.